The lowest BCUT2D eigenvalue weighted by Crippen LogP contribution is -2.06. The van der Waals surface area contributed by atoms with Gasteiger partial charge in [0.2, 0.25) is 0 Å². The molecule has 1 rings (SSSR count). The van der Waals surface area contributed by atoms with Crippen molar-refractivity contribution in [3.63, 3.8) is 0 Å². The van der Waals surface area contributed by atoms with Gasteiger partial charge < -0.3 is 24.1 Å². The fourth-order valence-electron chi connectivity index (χ4n) is 1.86. The molecular weight excluding hydrogens is 300 g/mol. The molecule has 6 nitrogen and oxygen atoms in total. The van der Waals surface area contributed by atoms with E-state index < -0.39 is 6.29 Å². The van der Waals surface area contributed by atoms with Crippen molar-refractivity contribution in [1.29, 1.82) is 0 Å². The van der Waals surface area contributed by atoms with Crippen LogP contribution in [0.4, 0.5) is 0 Å². The Morgan fingerprint density at radius 2 is 1.74 bits per heavy atom. The number of unbranched alkanes of at least 4 members (excludes halogenated alkanes) is 2. The monoisotopic (exact) mass is 326 g/mol. The topological polar surface area (TPSA) is 74.2 Å². The minimum Gasteiger partial charge on any atom is -0.491 e. The Labute approximate surface area is 137 Å². The number of esters is 1. The Bertz CT molecular complexity index is 431. The lowest BCUT2D eigenvalue weighted by Gasteiger charge is -2.13. The molecule has 0 aromatic heterocycles. The van der Waals surface area contributed by atoms with Gasteiger partial charge in [-0.3, -0.25) is 4.79 Å². The Morgan fingerprint density at radius 3 is 2.39 bits per heavy atom. The SMILES string of the molecule is COCCOc1ccc(C(O)OCCCCCOC(C)=O)cc1. The van der Waals surface area contributed by atoms with Crippen LogP contribution in [0.3, 0.4) is 0 Å². The minimum atomic E-state index is -0.948. The van der Waals surface area contributed by atoms with Crippen LogP contribution in [0.5, 0.6) is 5.75 Å². The van der Waals surface area contributed by atoms with Crippen LogP contribution >= 0.6 is 0 Å². The zero-order valence-electron chi connectivity index (χ0n) is 13.8. The van der Waals surface area contributed by atoms with Gasteiger partial charge in [0.1, 0.15) is 12.4 Å². The Morgan fingerprint density at radius 1 is 1.04 bits per heavy atom. The summed E-state index contributed by atoms with van der Waals surface area (Å²) < 4.78 is 20.6. The smallest absolute Gasteiger partial charge is 0.302 e. The van der Waals surface area contributed by atoms with E-state index in [9.17, 15) is 9.90 Å². The third-order valence-corrected chi connectivity index (χ3v) is 3.09. The van der Waals surface area contributed by atoms with Crippen LogP contribution in [-0.2, 0) is 19.0 Å². The quantitative estimate of drug-likeness (QED) is 0.361. The lowest BCUT2D eigenvalue weighted by molar-refractivity contribution is -0.141. The Hall–Kier alpha value is -1.63. The maximum atomic E-state index is 10.6. The number of hydrogen-bond acceptors (Lipinski definition) is 6. The molecule has 1 aromatic carbocycles. The largest absolute Gasteiger partial charge is 0.491 e. The van der Waals surface area contributed by atoms with Crippen molar-refractivity contribution in [2.45, 2.75) is 32.5 Å². The summed E-state index contributed by atoms with van der Waals surface area (Å²) >= 11 is 0. The Kier molecular flexibility index (Phi) is 10.0. The van der Waals surface area contributed by atoms with Crippen molar-refractivity contribution in [2.75, 3.05) is 33.5 Å². The molecule has 0 spiro atoms. The molecule has 6 heteroatoms. The van der Waals surface area contributed by atoms with Gasteiger partial charge in [-0.1, -0.05) is 12.1 Å². The molecule has 23 heavy (non-hydrogen) atoms. The molecule has 0 heterocycles. The highest BCUT2D eigenvalue weighted by atomic mass is 16.6. The molecule has 0 saturated heterocycles. The average molecular weight is 326 g/mol. The Balaban J connectivity index is 2.16. The maximum Gasteiger partial charge on any atom is 0.302 e. The van der Waals surface area contributed by atoms with E-state index in [0.29, 0.717) is 32.0 Å². The van der Waals surface area contributed by atoms with E-state index in [1.807, 2.05) is 0 Å². The second kappa shape index (κ2) is 11.9. The first-order valence-electron chi connectivity index (χ1n) is 7.78. The normalized spacial score (nSPS) is 12.0. The van der Waals surface area contributed by atoms with E-state index in [1.165, 1.54) is 6.92 Å². The number of carbonyl (C=O) groups is 1. The molecule has 0 radical (unpaired) electrons. The number of ether oxygens (including phenoxy) is 4. The second-order valence-electron chi connectivity index (χ2n) is 5.03. The van der Waals surface area contributed by atoms with Gasteiger partial charge in [0.05, 0.1) is 19.8 Å². The summed E-state index contributed by atoms with van der Waals surface area (Å²) in [6, 6.07) is 7.12. The van der Waals surface area contributed by atoms with Crippen molar-refractivity contribution in [3.05, 3.63) is 29.8 Å². The summed E-state index contributed by atoms with van der Waals surface area (Å²) in [5.74, 6) is 0.467. The van der Waals surface area contributed by atoms with Crippen LogP contribution in [0.1, 0.15) is 38.0 Å². The summed E-state index contributed by atoms with van der Waals surface area (Å²) in [4.78, 5) is 10.6. The molecule has 1 unspecified atom stereocenters. The van der Waals surface area contributed by atoms with Gasteiger partial charge in [0.25, 0.3) is 0 Å². The van der Waals surface area contributed by atoms with Crippen LogP contribution in [0.25, 0.3) is 0 Å². The summed E-state index contributed by atoms with van der Waals surface area (Å²) in [5, 5.41) is 9.95. The summed E-state index contributed by atoms with van der Waals surface area (Å²) in [5.41, 5.74) is 0.684. The fraction of sp³-hybridized carbons (Fsp3) is 0.588. The number of methoxy groups -OCH3 is 1. The van der Waals surface area contributed by atoms with Gasteiger partial charge in [-0.2, -0.15) is 0 Å². The van der Waals surface area contributed by atoms with Gasteiger partial charge in [0, 0.05) is 19.6 Å². The molecule has 0 aliphatic rings. The summed E-state index contributed by atoms with van der Waals surface area (Å²) in [6.45, 7) is 3.30. The van der Waals surface area contributed by atoms with Crippen LogP contribution in [-0.4, -0.2) is 44.6 Å². The van der Waals surface area contributed by atoms with Crippen molar-refractivity contribution in [2.24, 2.45) is 0 Å². The van der Waals surface area contributed by atoms with E-state index in [-0.39, 0.29) is 5.97 Å². The van der Waals surface area contributed by atoms with E-state index in [4.69, 9.17) is 18.9 Å². The first kappa shape index (κ1) is 19.4. The van der Waals surface area contributed by atoms with Crippen molar-refractivity contribution in [1.82, 2.24) is 0 Å². The lowest BCUT2D eigenvalue weighted by atomic mass is 10.2. The van der Waals surface area contributed by atoms with Crippen molar-refractivity contribution >= 4 is 5.97 Å². The molecule has 0 fully saturated rings. The van der Waals surface area contributed by atoms with E-state index in [2.05, 4.69) is 0 Å². The molecule has 0 amide bonds. The molecule has 1 aromatic rings. The third-order valence-electron chi connectivity index (χ3n) is 3.09. The fourth-order valence-corrected chi connectivity index (χ4v) is 1.86. The molecule has 0 aliphatic heterocycles. The molecule has 130 valence electrons. The maximum absolute atomic E-state index is 10.6. The summed E-state index contributed by atoms with van der Waals surface area (Å²) in [6.07, 6.45) is 1.53. The predicted octanol–water partition coefficient (Wildman–Crippen LogP) is 2.45. The molecule has 0 bridgehead atoms. The van der Waals surface area contributed by atoms with E-state index in [1.54, 1.807) is 31.4 Å². The third kappa shape index (κ3) is 9.18. The molecule has 1 N–H and O–H groups in total. The molecule has 0 aliphatic carbocycles. The highest BCUT2D eigenvalue weighted by Gasteiger charge is 2.07. The molecule has 1 atom stereocenters. The van der Waals surface area contributed by atoms with Crippen LogP contribution < -0.4 is 4.74 Å². The first-order valence-corrected chi connectivity index (χ1v) is 7.78. The standard InChI is InChI=1S/C17H26O6/c1-14(18)21-10-4-3-5-11-23-17(19)15-6-8-16(9-7-15)22-13-12-20-2/h6-9,17,19H,3-5,10-13H2,1-2H3. The second-order valence-corrected chi connectivity index (χ2v) is 5.03. The highest BCUT2D eigenvalue weighted by molar-refractivity contribution is 5.65. The van der Waals surface area contributed by atoms with Crippen molar-refractivity contribution in [3.8, 4) is 5.75 Å². The highest BCUT2D eigenvalue weighted by Crippen LogP contribution is 2.19. The summed E-state index contributed by atoms with van der Waals surface area (Å²) in [7, 11) is 1.62. The van der Waals surface area contributed by atoms with Gasteiger partial charge in [-0.25, -0.2) is 0 Å². The van der Waals surface area contributed by atoms with Crippen LogP contribution in [0, 0.1) is 0 Å². The first-order chi connectivity index (χ1) is 11.1. The van der Waals surface area contributed by atoms with Crippen LogP contribution in [0.2, 0.25) is 0 Å². The average Bonchev–Trinajstić information content (AvgIpc) is 2.54. The van der Waals surface area contributed by atoms with E-state index in [0.717, 1.165) is 25.0 Å². The molecular formula is C17H26O6. The predicted molar refractivity (Wildman–Crippen MR) is 85.2 cm³/mol. The number of hydrogen-bond donors (Lipinski definition) is 1. The number of aliphatic hydroxyl groups excluding tert-OH is 1. The van der Waals surface area contributed by atoms with Crippen molar-refractivity contribution < 1.29 is 28.8 Å². The van der Waals surface area contributed by atoms with E-state index >= 15 is 0 Å². The molecule has 0 saturated carbocycles. The van der Waals surface area contributed by atoms with Gasteiger partial charge >= 0.3 is 5.97 Å². The zero-order valence-corrected chi connectivity index (χ0v) is 13.8. The number of aliphatic hydroxyl groups is 1. The van der Waals surface area contributed by atoms with Gasteiger partial charge in [-0.15, -0.1) is 0 Å². The number of carbonyl (C=O) groups excluding carboxylic acids is 1. The minimum absolute atomic E-state index is 0.258. The van der Waals surface area contributed by atoms with Gasteiger partial charge in [0.15, 0.2) is 6.29 Å². The van der Waals surface area contributed by atoms with Gasteiger partial charge in [-0.05, 0) is 31.4 Å². The van der Waals surface area contributed by atoms with Crippen LogP contribution in [0.15, 0.2) is 24.3 Å². The number of rotatable bonds is 12. The number of benzene rings is 1. The zero-order chi connectivity index (χ0) is 16.9.